The Morgan fingerprint density at radius 2 is 1.90 bits per heavy atom. The summed E-state index contributed by atoms with van der Waals surface area (Å²) in [5.74, 6) is -0.809. The molecule has 3 rings (SSSR count). The monoisotopic (exact) mass is 442 g/mol. The number of anilines is 1. The molecule has 0 radical (unpaired) electrons. The molecule has 0 aliphatic carbocycles. The first-order chi connectivity index (χ1) is 14.7. The highest BCUT2D eigenvalue weighted by Gasteiger charge is 2.30. The van der Waals surface area contributed by atoms with Gasteiger partial charge < -0.3 is 15.0 Å². The first-order valence-electron chi connectivity index (χ1n) is 8.58. The standard InChI is InChI=1S/C21H13F3N4O2S/c1-30-20(29)19-18(27)13(10-26)11-28(19)16-7-12(9-25)5-6-17(16)31-15-4-2-3-14(8-15)21(22,23)24/h2-8,11H,27H2,1H3. The van der Waals surface area contributed by atoms with Crippen molar-refractivity contribution in [2.24, 2.45) is 0 Å². The van der Waals surface area contributed by atoms with Gasteiger partial charge in [0.2, 0.25) is 0 Å². The van der Waals surface area contributed by atoms with Crippen molar-refractivity contribution < 1.29 is 22.7 Å². The number of carbonyl (C=O) groups is 1. The number of nitriles is 2. The van der Waals surface area contributed by atoms with Crippen LogP contribution >= 0.6 is 11.8 Å². The number of esters is 1. The summed E-state index contributed by atoms with van der Waals surface area (Å²) in [6.45, 7) is 0. The van der Waals surface area contributed by atoms with E-state index in [1.165, 1.54) is 35.0 Å². The molecule has 10 heteroatoms. The molecular formula is C21H13F3N4O2S. The minimum absolute atomic E-state index is 0.0118. The highest BCUT2D eigenvalue weighted by atomic mass is 32.2. The lowest BCUT2D eigenvalue weighted by Crippen LogP contribution is -2.11. The van der Waals surface area contributed by atoms with Crippen LogP contribution in [0.3, 0.4) is 0 Å². The number of nitrogens with zero attached hydrogens (tertiary/aromatic N) is 3. The summed E-state index contributed by atoms with van der Waals surface area (Å²) in [7, 11) is 1.15. The Kier molecular flexibility index (Phi) is 5.95. The van der Waals surface area contributed by atoms with Crippen molar-refractivity contribution in [2.45, 2.75) is 16.0 Å². The summed E-state index contributed by atoms with van der Waals surface area (Å²) >= 11 is 1.00. The molecule has 1 heterocycles. The number of ether oxygens (including phenoxy) is 1. The van der Waals surface area contributed by atoms with Crippen molar-refractivity contribution >= 4 is 23.4 Å². The summed E-state index contributed by atoms with van der Waals surface area (Å²) in [6.07, 6.45) is -3.19. The molecule has 3 aromatic rings. The fourth-order valence-corrected chi connectivity index (χ4v) is 3.81. The molecule has 6 nitrogen and oxygen atoms in total. The fraction of sp³-hybridized carbons (Fsp3) is 0.0952. The van der Waals surface area contributed by atoms with E-state index in [-0.39, 0.29) is 28.2 Å². The normalized spacial score (nSPS) is 10.9. The summed E-state index contributed by atoms with van der Waals surface area (Å²) in [5, 5.41) is 18.6. The van der Waals surface area contributed by atoms with Gasteiger partial charge in [-0.2, -0.15) is 23.7 Å². The first kappa shape index (κ1) is 21.8. The molecule has 0 spiro atoms. The van der Waals surface area contributed by atoms with Crippen LogP contribution in [0.15, 0.2) is 58.5 Å². The molecule has 0 unspecified atom stereocenters. The predicted molar refractivity (Wildman–Crippen MR) is 107 cm³/mol. The maximum atomic E-state index is 13.1. The molecule has 156 valence electrons. The fourth-order valence-electron chi connectivity index (χ4n) is 2.83. The SMILES string of the molecule is COC(=O)c1c(N)c(C#N)cn1-c1cc(C#N)ccc1Sc1cccc(C(F)(F)F)c1. The Morgan fingerprint density at radius 1 is 1.16 bits per heavy atom. The lowest BCUT2D eigenvalue weighted by molar-refractivity contribution is -0.137. The highest BCUT2D eigenvalue weighted by Crippen LogP contribution is 2.38. The Bertz CT molecular complexity index is 1250. The van der Waals surface area contributed by atoms with Crippen molar-refractivity contribution in [3.8, 4) is 17.8 Å². The van der Waals surface area contributed by atoms with Gasteiger partial charge in [-0.1, -0.05) is 17.8 Å². The number of rotatable bonds is 4. The molecule has 0 saturated carbocycles. The maximum absolute atomic E-state index is 13.1. The minimum atomic E-state index is -4.50. The third-order valence-electron chi connectivity index (χ3n) is 4.28. The summed E-state index contributed by atoms with van der Waals surface area (Å²) in [4.78, 5) is 13.0. The molecule has 0 aliphatic rings. The van der Waals surface area contributed by atoms with E-state index in [2.05, 4.69) is 0 Å². The van der Waals surface area contributed by atoms with Gasteiger partial charge in [0.05, 0.1) is 41.2 Å². The van der Waals surface area contributed by atoms with E-state index in [1.807, 2.05) is 12.1 Å². The third-order valence-corrected chi connectivity index (χ3v) is 5.34. The van der Waals surface area contributed by atoms with Crippen molar-refractivity contribution in [3.05, 3.63) is 71.0 Å². The van der Waals surface area contributed by atoms with Crippen molar-refractivity contribution in [1.82, 2.24) is 4.57 Å². The van der Waals surface area contributed by atoms with E-state index in [0.717, 1.165) is 31.0 Å². The van der Waals surface area contributed by atoms with Crippen LogP contribution in [-0.2, 0) is 10.9 Å². The number of nitrogen functional groups attached to an aromatic ring is 1. The van der Waals surface area contributed by atoms with Crippen LogP contribution in [0.1, 0.15) is 27.2 Å². The van der Waals surface area contributed by atoms with Crippen molar-refractivity contribution in [2.75, 3.05) is 12.8 Å². The molecule has 0 fully saturated rings. The number of methoxy groups -OCH3 is 1. The number of aromatic nitrogens is 1. The molecule has 0 aliphatic heterocycles. The van der Waals surface area contributed by atoms with Crippen molar-refractivity contribution in [1.29, 1.82) is 10.5 Å². The summed E-state index contributed by atoms with van der Waals surface area (Å²) in [5.41, 5.74) is 5.43. The second kappa shape index (κ2) is 8.46. The van der Waals surface area contributed by atoms with Crippen LogP contribution in [0.5, 0.6) is 0 Å². The third kappa shape index (κ3) is 4.34. The molecule has 0 bridgehead atoms. The largest absolute Gasteiger partial charge is 0.464 e. The number of halogens is 3. The van der Waals surface area contributed by atoms with E-state index < -0.39 is 17.7 Å². The molecule has 0 saturated heterocycles. The van der Waals surface area contributed by atoms with Crippen molar-refractivity contribution in [3.63, 3.8) is 0 Å². The number of hydrogen-bond donors (Lipinski definition) is 1. The zero-order chi connectivity index (χ0) is 22.8. The topological polar surface area (TPSA) is 105 Å². The maximum Gasteiger partial charge on any atom is 0.416 e. The minimum Gasteiger partial charge on any atom is -0.464 e. The zero-order valence-electron chi connectivity index (χ0n) is 15.9. The quantitative estimate of drug-likeness (QED) is 0.584. The number of hydrogen-bond acceptors (Lipinski definition) is 6. The number of alkyl halides is 3. The van der Waals surface area contributed by atoms with E-state index >= 15 is 0 Å². The van der Waals surface area contributed by atoms with E-state index in [1.54, 1.807) is 6.07 Å². The Morgan fingerprint density at radius 3 is 2.52 bits per heavy atom. The van der Waals surface area contributed by atoms with Gasteiger partial charge in [-0.25, -0.2) is 4.79 Å². The van der Waals surface area contributed by atoms with E-state index in [9.17, 15) is 28.5 Å². The van der Waals surface area contributed by atoms with Gasteiger partial charge in [-0.3, -0.25) is 0 Å². The van der Waals surface area contributed by atoms with E-state index in [4.69, 9.17) is 10.5 Å². The van der Waals surface area contributed by atoms with Gasteiger partial charge in [-0.15, -0.1) is 0 Å². The smallest absolute Gasteiger partial charge is 0.416 e. The Labute approximate surface area is 179 Å². The average molecular weight is 442 g/mol. The van der Waals surface area contributed by atoms with Crippen LogP contribution in [0.25, 0.3) is 5.69 Å². The lowest BCUT2D eigenvalue weighted by atomic mass is 10.2. The van der Waals surface area contributed by atoms with Gasteiger partial charge in [0.25, 0.3) is 0 Å². The van der Waals surface area contributed by atoms with Gasteiger partial charge in [0.15, 0.2) is 5.69 Å². The van der Waals surface area contributed by atoms with Crippen LogP contribution in [0.2, 0.25) is 0 Å². The predicted octanol–water partition coefficient (Wildman–Crippen LogP) is 4.76. The van der Waals surface area contributed by atoms with Gasteiger partial charge in [0.1, 0.15) is 6.07 Å². The van der Waals surface area contributed by atoms with Gasteiger partial charge in [0, 0.05) is 16.0 Å². The molecule has 1 aromatic heterocycles. The number of benzene rings is 2. The van der Waals surface area contributed by atoms with Gasteiger partial charge >= 0.3 is 12.1 Å². The molecule has 2 aromatic carbocycles. The van der Waals surface area contributed by atoms with Crippen LogP contribution in [-0.4, -0.2) is 17.6 Å². The summed E-state index contributed by atoms with van der Waals surface area (Å²) in [6, 6.07) is 13.1. The first-order valence-corrected chi connectivity index (χ1v) is 9.40. The molecular weight excluding hydrogens is 429 g/mol. The highest BCUT2D eigenvalue weighted by molar-refractivity contribution is 7.99. The molecule has 0 atom stereocenters. The van der Waals surface area contributed by atoms with Crippen LogP contribution in [0, 0.1) is 22.7 Å². The van der Waals surface area contributed by atoms with Crippen LogP contribution in [0.4, 0.5) is 18.9 Å². The van der Waals surface area contributed by atoms with E-state index in [0.29, 0.717) is 9.79 Å². The Balaban J connectivity index is 2.19. The van der Waals surface area contributed by atoms with Gasteiger partial charge in [-0.05, 0) is 36.4 Å². The molecule has 31 heavy (non-hydrogen) atoms. The Hall–Kier alpha value is -3.89. The average Bonchev–Trinajstić information content (AvgIpc) is 3.09. The molecule has 0 amide bonds. The zero-order valence-corrected chi connectivity index (χ0v) is 16.7. The van der Waals surface area contributed by atoms with Crippen LogP contribution < -0.4 is 5.73 Å². The molecule has 2 N–H and O–H groups in total. The number of nitrogens with two attached hydrogens (primary N) is 1. The number of carbonyl (C=O) groups excluding carboxylic acids is 1. The second-order valence-electron chi connectivity index (χ2n) is 6.20. The summed E-state index contributed by atoms with van der Waals surface area (Å²) < 4.78 is 45.3. The second-order valence-corrected chi connectivity index (χ2v) is 7.32. The lowest BCUT2D eigenvalue weighted by Gasteiger charge is -2.14.